The number of benzene rings is 2. The van der Waals surface area contributed by atoms with Crippen LogP contribution in [-0.2, 0) is 0 Å². The van der Waals surface area contributed by atoms with E-state index in [0.717, 1.165) is 22.8 Å². The molecule has 2 aromatic heterocycles. The Kier molecular flexibility index (Phi) is 4.08. The second kappa shape index (κ2) is 6.57. The molecule has 2 heterocycles. The Bertz CT molecular complexity index is 1130. The second-order valence-electron chi connectivity index (χ2n) is 6.50. The van der Waals surface area contributed by atoms with Crippen LogP contribution < -0.4 is 5.32 Å². The lowest BCUT2D eigenvalue weighted by Crippen LogP contribution is -1.98. The zero-order chi connectivity index (χ0) is 19.0. The van der Waals surface area contributed by atoms with Gasteiger partial charge in [-0.25, -0.2) is 9.78 Å². The Morgan fingerprint density at radius 2 is 1.78 bits per heavy atom. The largest absolute Gasteiger partial charge is 0.478 e. The molecule has 0 saturated heterocycles. The number of rotatable bonds is 4. The number of aromatic nitrogens is 3. The lowest BCUT2D eigenvalue weighted by Gasteiger charge is -2.11. The smallest absolute Gasteiger partial charge is 0.335 e. The molecule has 4 aromatic rings. The summed E-state index contributed by atoms with van der Waals surface area (Å²) in [6, 6.07) is 13.0. The van der Waals surface area contributed by atoms with Crippen LogP contribution in [0.15, 0.2) is 61.1 Å². The minimum absolute atomic E-state index is 0.244. The van der Waals surface area contributed by atoms with Crippen LogP contribution >= 0.6 is 0 Å². The third-order valence-electron chi connectivity index (χ3n) is 4.32. The summed E-state index contributed by atoms with van der Waals surface area (Å²) in [5.74, 6) is -0.144. The molecule has 0 fully saturated rings. The van der Waals surface area contributed by atoms with Crippen LogP contribution in [0.3, 0.4) is 0 Å². The van der Waals surface area contributed by atoms with E-state index in [1.807, 2.05) is 10.6 Å². The second-order valence-corrected chi connectivity index (χ2v) is 6.50. The van der Waals surface area contributed by atoms with Gasteiger partial charge in [0.25, 0.3) is 0 Å². The van der Waals surface area contributed by atoms with Crippen molar-refractivity contribution in [2.75, 3.05) is 5.32 Å². The summed E-state index contributed by atoms with van der Waals surface area (Å²) >= 11 is 0. The number of anilines is 2. The van der Waals surface area contributed by atoms with Gasteiger partial charge in [-0.05, 0) is 49.2 Å². The van der Waals surface area contributed by atoms with Crippen LogP contribution in [0.2, 0.25) is 0 Å². The molecule has 27 heavy (non-hydrogen) atoms. The van der Waals surface area contributed by atoms with Crippen molar-refractivity contribution in [3.8, 4) is 11.3 Å². The minimum atomic E-state index is -0.950. The molecular formula is C21H18N4O2. The van der Waals surface area contributed by atoms with Crippen LogP contribution in [0.25, 0.3) is 16.9 Å². The standard InChI is InChI=1S/C21H18N4O2/c1-13-9-14(2)11-17(10-13)23-20-19(24-18-12-22-7-8-25(18)20)15-3-5-16(6-4-15)21(26)27/h3-12,23H,1-2H3,(H,26,27). The quantitative estimate of drug-likeness (QED) is 0.563. The fourth-order valence-electron chi connectivity index (χ4n) is 3.18. The molecule has 2 aromatic carbocycles. The first-order valence-corrected chi connectivity index (χ1v) is 8.52. The molecule has 0 radical (unpaired) electrons. The summed E-state index contributed by atoms with van der Waals surface area (Å²) in [5.41, 5.74) is 5.82. The average Bonchev–Trinajstić information content (AvgIpc) is 2.99. The van der Waals surface area contributed by atoms with Crippen molar-refractivity contribution in [2.24, 2.45) is 0 Å². The van der Waals surface area contributed by atoms with Crippen molar-refractivity contribution in [1.82, 2.24) is 14.4 Å². The molecule has 6 heteroatoms. The molecule has 0 aliphatic heterocycles. The van der Waals surface area contributed by atoms with Crippen molar-refractivity contribution in [3.05, 3.63) is 77.7 Å². The van der Waals surface area contributed by atoms with Crippen LogP contribution in [0, 0.1) is 13.8 Å². The van der Waals surface area contributed by atoms with E-state index in [0.29, 0.717) is 5.65 Å². The number of aromatic carboxylic acids is 1. The lowest BCUT2D eigenvalue weighted by atomic mass is 10.1. The Balaban J connectivity index is 1.85. The summed E-state index contributed by atoms with van der Waals surface area (Å²) in [6.45, 7) is 4.12. The van der Waals surface area contributed by atoms with Crippen LogP contribution in [0.5, 0.6) is 0 Å². The third-order valence-corrected chi connectivity index (χ3v) is 4.32. The van der Waals surface area contributed by atoms with Gasteiger partial charge in [0, 0.05) is 23.6 Å². The first kappa shape index (κ1) is 16.8. The summed E-state index contributed by atoms with van der Waals surface area (Å²) < 4.78 is 1.94. The molecule has 0 unspecified atom stereocenters. The maximum atomic E-state index is 11.1. The van der Waals surface area contributed by atoms with Gasteiger partial charge in [-0.15, -0.1) is 0 Å². The number of carboxylic acid groups (broad SMARTS) is 1. The molecule has 0 aliphatic carbocycles. The fourth-order valence-corrected chi connectivity index (χ4v) is 3.18. The molecule has 0 spiro atoms. The van der Waals surface area contributed by atoms with Crippen LogP contribution in [0.4, 0.5) is 11.5 Å². The number of fused-ring (bicyclic) bond motifs is 1. The highest BCUT2D eigenvalue weighted by Gasteiger charge is 2.15. The number of carbonyl (C=O) groups is 1. The molecule has 0 amide bonds. The van der Waals surface area contributed by atoms with Gasteiger partial charge in [0.15, 0.2) is 5.65 Å². The van der Waals surface area contributed by atoms with Crippen molar-refractivity contribution >= 4 is 23.1 Å². The van der Waals surface area contributed by atoms with E-state index in [9.17, 15) is 4.79 Å². The van der Waals surface area contributed by atoms with Crippen molar-refractivity contribution in [3.63, 3.8) is 0 Å². The van der Waals surface area contributed by atoms with Gasteiger partial charge < -0.3 is 10.4 Å². The zero-order valence-corrected chi connectivity index (χ0v) is 15.0. The van der Waals surface area contributed by atoms with Crippen molar-refractivity contribution < 1.29 is 9.90 Å². The Morgan fingerprint density at radius 1 is 1.07 bits per heavy atom. The van der Waals surface area contributed by atoms with E-state index in [2.05, 4.69) is 47.3 Å². The van der Waals surface area contributed by atoms with Gasteiger partial charge in [-0.2, -0.15) is 0 Å². The molecular weight excluding hydrogens is 340 g/mol. The van der Waals surface area contributed by atoms with Crippen molar-refractivity contribution in [1.29, 1.82) is 0 Å². The van der Waals surface area contributed by atoms with E-state index in [1.54, 1.807) is 36.7 Å². The van der Waals surface area contributed by atoms with E-state index in [4.69, 9.17) is 5.11 Å². The molecule has 4 rings (SSSR count). The molecule has 0 aliphatic rings. The van der Waals surface area contributed by atoms with Gasteiger partial charge >= 0.3 is 5.97 Å². The predicted octanol–water partition coefficient (Wildman–Crippen LogP) is 4.45. The normalized spacial score (nSPS) is 10.9. The number of imidazole rings is 1. The van der Waals surface area contributed by atoms with Gasteiger partial charge in [-0.1, -0.05) is 18.2 Å². The Morgan fingerprint density at radius 3 is 2.44 bits per heavy atom. The topological polar surface area (TPSA) is 79.5 Å². The maximum Gasteiger partial charge on any atom is 0.335 e. The van der Waals surface area contributed by atoms with Crippen molar-refractivity contribution in [2.45, 2.75) is 13.8 Å². The maximum absolute atomic E-state index is 11.1. The van der Waals surface area contributed by atoms with Gasteiger partial charge in [0.1, 0.15) is 11.5 Å². The van der Waals surface area contributed by atoms with E-state index < -0.39 is 5.97 Å². The number of nitrogens with zero attached hydrogens (tertiary/aromatic N) is 3. The Labute approximate surface area is 156 Å². The number of nitrogens with one attached hydrogen (secondary N) is 1. The highest BCUT2D eigenvalue weighted by Crippen LogP contribution is 2.31. The average molecular weight is 358 g/mol. The predicted molar refractivity (Wildman–Crippen MR) is 105 cm³/mol. The Hall–Kier alpha value is -3.67. The van der Waals surface area contributed by atoms with Gasteiger partial charge in [0.05, 0.1) is 11.8 Å². The van der Waals surface area contributed by atoms with Crippen LogP contribution in [0.1, 0.15) is 21.5 Å². The van der Waals surface area contributed by atoms with E-state index in [1.165, 1.54) is 11.1 Å². The highest BCUT2D eigenvalue weighted by molar-refractivity contribution is 5.89. The third kappa shape index (κ3) is 3.25. The first-order valence-electron chi connectivity index (χ1n) is 8.52. The van der Waals surface area contributed by atoms with Gasteiger partial charge in [-0.3, -0.25) is 9.38 Å². The van der Waals surface area contributed by atoms with Crippen LogP contribution in [-0.4, -0.2) is 25.4 Å². The summed E-state index contributed by atoms with van der Waals surface area (Å²) in [6.07, 6.45) is 5.25. The fraction of sp³-hybridized carbons (Fsp3) is 0.0952. The molecule has 2 N–H and O–H groups in total. The SMILES string of the molecule is Cc1cc(C)cc(Nc2c(-c3ccc(C(=O)O)cc3)nc3cnccn23)c1. The number of aryl methyl sites for hydroxylation is 2. The first-order chi connectivity index (χ1) is 13.0. The van der Waals surface area contributed by atoms with E-state index >= 15 is 0 Å². The number of hydrogen-bond acceptors (Lipinski definition) is 4. The molecule has 0 bridgehead atoms. The summed E-state index contributed by atoms with van der Waals surface area (Å²) in [7, 11) is 0. The lowest BCUT2D eigenvalue weighted by molar-refractivity contribution is 0.0697. The molecule has 0 saturated carbocycles. The number of carboxylic acids is 1. The van der Waals surface area contributed by atoms with E-state index in [-0.39, 0.29) is 5.56 Å². The minimum Gasteiger partial charge on any atom is -0.478 e. The summed E-state index contributed by atoms with van der Waals surface area (Å²) in [5, 5.41) is 12.6. The summed E-state index contributed by atoms with van der Waals surface area (Å²) in [4.78, 5) is 20.0. The van der Waals surface area contributed by atoms with Gasteiger partial charge in [0.2, 0.25) is 0 Å². The zero-order valence-electron chi connectivity index (χ0n) is 15.0. The molecule has 134 valence electrons. The molecule has 0 atom stereocenters. The monoisotopic (exact) mass is 358 g/mol. The number of hydrogen-bond donors (Lipinski definition) is 2. The highest BCUT2D eigenvalue weighted by atomic mass is 16.4. The molecule has 6 nitrogen and oxygen atoms in total.